The highest BCUT2D eigenvalue weighted by Crippen LogP contribution is 2.18. The summed E-state index contributed by atoms with van der Waals surface area (Å²) in [7, 11) is 0. The fourth-order valence-electron chi connectivity index (χ4n) is 2.31. The Morgan fingerprint density at radius 1 is 1.00 bits per heavy atom. The van der Waals surface area contributed by atoms with Gasteiger partial charge in [-0.2, -0.15) is 15.0 Å². The van der Waals surface area contributed by atoms with Crippen LogP contribution in [0, 0.1) is 0 Å². The summed E-state index contributed by atoms with van der Waals surface area (Å²) in [5.74, 6) is 1.99. The molecule has 0 saturated carbocycles. The highest BCUT2D eigenvalue weighted by Gasteiger charge is 2.20. The first-order valence-electron chi connectivity index (χ1n) is 6.44. The van der Waals surface area contributed by atoms with E-state index in [1.807, 2.05) is 11.1 Å². The van der Waals surface area contributed by atoms with E-state index in [1.165, 1.54) is 0 Å². The molecule has 8 nitrogen and oxygen atoms in total. The molecule has 21 heavy (non-hydrogen) atoms. The Morgan fingerprint density at radius 3 is 2.76 bits per heavy atom. The van der Waals surface area contributed by atoms with E-state index in [2.05, 4.69) is 29.5 Å². The van der Waals surface area contributed by atoms with Gasteiger partial charge in [-0.1, -0.05) is 0 Å². The van der Waals surface area contributed by atoms with Crippen molar-refractivity contribution in [3.8, 4) is 5.95 Å². The van der Waals surface area contributed by atoms with Crippen molar-refractivity contribution in [1.82, 2.24) is 34.1 Å². The number of anilines is 1. The molecular formula is C12H11ClN8. The highest BCUT2D eigenvalue weighted by molar-refractivity contribution is 6.28. The lowest BCUT2D eigenvalue weighted by Gasteiger charge is -2.27. The molecule has 1 aliphatic heterocycles. The number of fused-ring (bicyclic) bond motifs is 1. The second kappa shape index (κ2) is 4.81. The predicted octanol–water partition coefficient (Wildman–Crippen LogP) is 0.927. The first-order valence-corrected chi connectivity index (χ1v) is 6.82. The third-order valence-corrected chi connectivity index (χ3v) is 3.52. The molecule has 4 heterocycles. The summed E-state index contributed by atoms with van der Waals surface area (Å²) in [5, 5.41) is 0.164. The number of imidazole rings is 2. The van der Waals surface area contributed by atoms with Gasteiger partial charge >= 0.3 is 0 Å². The molecule has 106 valence electrons. The van der Waals surface area contributed by atoms with Crippen LogP contribution in [0.1, 0.15) is 5.82 Å². The first-order chi connectivity index (χ1) is 10.3. The van der Waals surface area contributed by atoms with E-state index in [1.54, 1.807) is 29.5 Å². The summed E-state index contributed by atoms with van der Waals surface area (Å²) in [6.45, 7) is 2.29. The molecule has 0 aromatic carbocycles. The van der Waals surface area contributed by atoms with Crippen molar-refractivity contribution >= 4 is 17.5 Å². The molecular weight excluding hydrogens is 292 g/mol. The number of hydrogen-bond acceptors (Lipinski definition) is 6. The van der Waals surface area contributed by atoms with Crippen molar-refractivity contribution in [2.75, 3.05) is 11.4 Å². The zero-order chi connectivity index (χ0) is 14.2. The van der Waals surface area contributed by atoms with Crippen LogP contribution in [0.15, 0.2) is 31.1 Å². The average molecular weight is 303 g/mol. The Labute approximate surface area is 125 Å². The van der Waals surface area contributed by atoms with Crippen molar-refractivity contribution in [3.63, 3.8) is 0 Å². The van der Waals surface area contributed by atoms with Gasteiger partial charge in [0.05, 0.1) is 6.54 Å². The number of nitrogens with zero attached hydrogens (tertiary/aromatic N) is 8. The number of aromatic nitrogens is 7. The van der Waals surface area contributed by atoms with E-state index in [-0.39, 0.29) is 5.28 Å². The van der Waals surface area contributed by atoms with E-state index >= 15 is 0 Å². The molecule has 0 aliphatic carbocycles. The zero-order valence-corrected chi connectivity index (χ0v) is 11.7. The Bertz CT molecular complexity index is 765. The smallest absolute Gasteiger partial charge is 0.241 e. The lowest BCUT2D eigenvalue weighted by Crippen LogP contribution is -2.35. The SMILES string of the molecule is Clc1nc(N2CCn3ccnc3C2)nc(-n2ccnc2)n1. The molecule has 3 aromatic rings. The summed E-state index contributed by atoms with van der Waals surface area (Å²) in [4.78, 5) is 23.2. The second-order valence-electron chi connectivity index (χ2n) is 4.63. The minimum atomic E-state index is 0.164. The predicted molar refractivity (Wildman–Crippen MR) is 75.2 cm³/mol. The largest absolute Gasteiger partial charge is 0.332 e. The fourth-order valence-corrected chi connectivity index (χ4v) is 2.46. The third kappa shape index (κ3) is 2.23. The van der Waals surface area contributed by atoms with Gasteiger partial charge < -0.3 is 9.47 Å². The van der Waals surface area contributed by atoms with Crippen LogP contribution in [-0.4, -0.2) is 40.6 Å². The molecule has 0 saturated heterocycles. The second-order valence-corrected chi connectivity index (χ2v) is 4.97. The number of rotatable bonds is 2. The molecule has 9 heteroatoms. The van der Waals surface area contributed by atoms with Crippen LogP contribution >= 0.6 is 11.6 Å². The summed E-state index contributed by atoms with van der Waals surface area (Å²) >= 11 is 6.02. The molecule has 4 rings (SSSR count). The summed E-state index contributed by atoms with van der Waals surface area (Å²) in [6, 6.07) is 0. The molecule has 0 spiro atoms. The van der Waals surface area contributed by atoms with E-state index in [9.17, 15) is 0 Å². The average Bonchev–Trinajstić information content (AvgIpc) is 3.17. The molecule has 0 unspecified atom stereocenters. The van der Waals surface area contributed by atoms with Crippen molar-refractivity contribution < 1.29 is 0 Å². The monoisotopic (exact) mass is 302 g/mol. The van der Waals surface area contributed by atoms with E-state index in [4.69, 9.17) is 11.6 Å². The Hall–Kier alpha value is -2.48. The maximum absolute atomic E-state index is 6.02. The van der Waals surface area contributed by atoms with Crippen LogP contribution in [0.25, 0.3) is 5.95 Å². The Balaban J connectivity index is 1.70. The summed E-state index contributed by atoms with van der Waals surface area (Å²) in [6.07, 6.45) is 8.83. The maximum Gasteiger partial charge on any atom is 0.241 e. The van der Waals surface area contributed by atoms with Gasteiger partial charge in [0, 0.05) is 37.9 Å². The maximum atomic E-state index is 6.02. The molecule has 0 atom stereocenters. The van der Waals surface area contributed by atoms with Gasteiger partial charge in [-0.15, -0.1) is 0 Å². The molecule has 0 bridgehead atoms. The van der Waals surface area contributed by atoms with E-state index in [0.717, 1.165) is 18.9 Å². The standard InChI is InChI=1S/C12H11ClN8/c13-10-16-11(18-12(17-10)21-3-1-14-8-21)20-6-5-19-4-2-15-9(19)7-20/h1-4,8H,5-7H2. The van der Waals surface area contributed by atoms with Crippen molar-refractivity contribution in [1.29, 1.82) is 0 Å². The van der Waals surface area contributed by atoms with Crippen LogP contribution in [0.3, 0.4) is 0 Å². The molecule has 1 aliphatic rings. The van der Waals surface area contributed by atoms with Crippen LogP contribution in [0.5, 0.6) is 0 Å². The number of halogens is 1. The van der Waals surface area contributed by atoms with E-state index < -0.39 is 0 Å². The molecule has 3 aromatic heterocycles. The topological polar surface area (TPSA) is 77.5 Å². The minimum Gasteiger partial charge on any atom is -0.332 e. The zero-order valence-electron chi connectivity index (χ0n) is 11.0. The molecule has 0 N–H and O–H groups in total. The van der Waals surface area contributed by atoms with Crippen molar-refractivity contribution in [2.24, 2.45) is 0 Å². The summed E-state index contributed by atoms with van der Waals surface area (Å²) in [5.41, 5.74) is 0. The molecule has 0 fully saturated rings. The van der Waals surface area contributed by atoms with Crippen molar-refractivity contribution in [2.45, 2.75) is 13.1 Å². The van der Waals surface area contributed by atoms with Crippen molar-refractivity contribution in [3.05, 3.63) is 42.2 Å². The lowest BCUT2D eigenvalue weighted by molar-refractivity contribution is 0.550. The van der Waals surface area contributed by atoms with Gasteiger partial charge in [0.25, 0.3) is 0 Å². The normalized spacial score (nSPS) is 14.2. The van der Waals surface area contributed by atoms with Gasteiger partial charge in [0.15, 0.2) is 0 Å². The van der Waals surface area contributed by atoms with Crippen LogP contribution in [0.2, 0.25) is 5.28 Å². The van der Waals surface area contributed by atoms with Gasteiger partial charge in [-0.3, -0.25) is 4.57 Å². The quantitative estimate of drug-likeness (QED) is 0.701. The van der Waals surface area contributed by atoms with Crippen LogP contribution in [-0.2, 0) is 13.1 Å². The van der Waals surface area contributed by atoms with Crippen LogP contribution in [0.4, 0.5) is 5.95 Å². The lowest BCUT2D eigenvalue weighted by atomic mass is 10.4. The van der Waals surface area contributed by atoms with Gasteiger partial charge in [-0.05, 0) is 11.6 Å². The summed E-state index contributed by atoms with van der Waals surface area (Å²) < 4.78 is 3.82. The van der Waals surface area contributed by atoms with Gasteiger partial charge in [0.1, 0.15) is 12.2 Å². The third-order valence-electron chi connectivity index (χ3n) is 3.35. The Morgan fingerprint density at radius 2 is 1.90 bits per heavy atom. The highest BCUT2D eigenvalue weighted by atomic mass is 35.5. The minimum absolute atomic E-state index is 0.164. The van der Waals surface area contributed by atoms with Gasteiger partial charge in [-0.25, -0.2) is 9.97 Å². The van der Waals surface area contributed by atoms with E-state index in [0.29, 0.717) is 18.4 Å². The molecule has 0 radical (unpaired) electrons. The number of hydrogen-bond donors (Lipinski definition) is 0. The fraction of sp³-hybridized carbons (Fsp3) is 0.250. The molecule has 0 amide bonds. The Kier molecular flexibility index (Phi) is 2.81. The first kappa shape index (κ1) is 12.3. The van der Waals surface area contributed by atoms with Gasteiger partial charge in [0.2, 0.25) is 17.2 Å². The van der Waals surface area contributed by atoms with Crippen LogP contribution < -0.4 is 4.90 Å².